The highest BCUT2D eigenvalue weighted by molar-refractivity contribution is 5.44. The van der Waals surface area contributed by atoms with Crippen LogP contribution in [0.5, 0.6) is 11.5 Å². The lowest BCUT2D eigenvalue weighted by atomic mass is 9.88. The highest BCUT2D eigenvalue weighted by Gasteiger charge is 2.23. The van der Waals surface area contributed by atoms with Crippen LogP contribution in [0, 0.1) is 0 Å². The van der Waals surface area contributed by atoms with E-state index >= 15 is 0 Å². The summed E-state index contributed by atoms with van der Waals surface area (Å²) in [6, 6.07) is 14.9. The van der Waals surface area contributed by atoms with Crippen molar-refractivity contribution >= 4 is 0 Å². The molecule has 2 aromatic carbocycles. The van der Waals surface area contributed by atoms with Gasteiger partial charge in [-0.25, -0.2) is 0 Å². The van der Waals surface area contributed by atoms with Gasteiger partial charge in [-0.05, 0) is 36.1 Å². The van der Waals surface area contributed by atoms with Gasteiger partial charge in [0.25, 0.3) is 0 Å². The van der Waals surface area contributed by atoms with Crippen LogP contribution in [0.2, 0.25) is 0 Å². The van der Waals surface area contributed by atoms with E-state index < -0.39 is 6.10 Å². The van der Waals surface area contributed by atoms with Crippen molar-refractivity contribution in [1.82, 2.24) is 0 Å². The zero-order valence-corrected chi connectivity index (χ0v) is 14.9. The molecule has 0 bridgehead atoms. The van der Waals surface area contributed by atoms with Crippen LogP contribution < -0.4 is 14.8 Å². The molecule has 1 heterocycles. The largest absolute Gasteiger partial charge is 0.454 e. The number of ether oxygens (including phenoxy) is 3. The number of quaternary nitrogens is 1. The normalized spacial score (nSPS) is 19.2. The van der Waals surface area contributed by atoms with Gasteiger partial charge < -0.3 is 24.6 Å². The molecule has 0 aromatic heterocycles. The summed E-state index contributed by atoms with van der Waals surface area (Å²) in [7, 11) is 0. The Balaban J connectivity index is 1.22. The molecule has 3 N–H and O–H groups in total. The third-order valence-corrected chi connectivity index (χ3v) is 5.12. The van der Waals surface area contributed by atoms with Gasteiger partial charge in [-0.15, -0.1) is 0 Å². The summed E-state index contributed by atoms with van der Waals surface area (Å²) < 4.78 is 16.4. The highest BCUT2D eigenvalue weighted by Crippen LogP contribution is 2.32. The van der Waals surface area contributed by atoms with Crippen LogP contribution in [-0.4, -0.2) is 31.2 Å². The first-order chi connectivity index (χ1) is 12.8. The summed E-state index contributed by atoms with van der Waals surface area (Å²) in [6.07, 6.45) is 3.08. The van der Waals surface area contributed by atoms with Gasteiger partial charge in [0.05, 0.1) is 13.2 Å². The minimum atomic E-state index is -0.474. The lowest BCUT2D eigenvalue weighted by Gasteiger charge is -2.24. The molecular weight excluding hydrogens is 330 g/mol. The summed E-state index contributed by atoms with van der Waals surface area (Å²) in [6.45, 7) is 1.72. The Morgan fingerprint density at radius 2 is 2.04 bits per heavy atom. The van der Waals surface area contributed by atoms with Gasteiger partial charge in [0.15, 0.2) is 11.5 Å². The molecule has 4 rings (SSSR count). The van der Waals surface area contributed by atoms with Gasteiger partial charge >= 0.3 is 0 Å². The molecule has 0 saturated heterocycles. The monoisotopic (exact) mass is 356 g/mol. The minimum absolute atomic E-state index is 0.276. The van der Waals surface area contributed by atoms with E-state index in [9.17, 15) is 5.11 Å². The zero-order valence-electron chi connectivity index (χ0n) is 14.9. The number of fused-ring (bicyclic) bond motifs is 2. The zero-order chi connectivity index (χ0) is 17.8. The molecule has 2 atom stereocenters. The van der Waals surface area contributed by atoms with Crippen molar-refractivity contribution in [2.45, 2.75) is 38.0 Å². The first kappa shape index (κ1) is 17.3. The van der Waals surface area contributed by atoms with Crippen LogP contribution in [0.1, 0.15) is 35.6 Å². The summed E-state index contributed by atoms with van der Waals surface area (Å²) in [5.74, 6) is 1.53. The quantitative estimate of drug-likeness (QED) is 0.796. The second-order valence-corrected chi connectivity index (χ2v) is 7.03. The Hall–Kier alpha value is -2.08. The number of benzene rings is 2. The SMILES string of the molecule is O[C@H](C[NH2+][C@@H]1CCCc2ccccc21)COCc1ccc2c(c1)OCO2. The van der Waals surface area contributed by atoms with E-state index in [0.29, 0.717) is 25.8 Å². The van der Waals surface area contributed by atoms with Crippen LogP contribution in [0.15, 0.2) is 42.5 Å². The number of rotatable bonds is 7. The fourth-order valence-corrected chi connectivity index (χ4v) is 3.77. The van der Waals surface area contributed by atoms with Crippen LogP contribution in [0.4, 0.5) is 0 Å². The summed E-state index contributed by atoms with van der Waals surface area (Å²) in [5.41, 5.74) is 3.90. The molecular formula is C21H26NO4+. The Morgan fingerprint density at radius 1 is 1.15 bits per heavy atom. The Kier molecular flexibility index (Phi) is 5.39. The molecule has 2 aliphatic rings. The molecule has 1 aliphatic carbocycles. The average molecular weight is 356 g/mol. The van der Waals surface area contributed by atoms with E-state index in [1.165, 1.54) is 30.4 Å². The van der Waals surface area contributed by atoms with Crippen molar-refractivity contribution in [2.75, 3.05) is 19.9 Å². The van der Waals surface area contributed by atoms with Crippen molar-refractivity contribution < 1.29 is 24.6 Å². The Morgan fingerprint density at radius 3 is 3.00 bits per heavy atom. The molecule has 2 aromatic rings. The maximum absolute atomic E-state index is 10.3. The van der Waals surface area contributed by atoms with E-state index in [1.807, 2.05) is 18.2 Å². The molecule has 5 heteroatoms. The summed E-state index contributed by atoms with van der Waals surface area (Å²) in [4.78, 5) is 0. The minimum Gasteiger partial charge on any atom is -0.454 e. The number of nitrogens with two attached hydrogens (primary N) is 1. The Labute approximate surface area is 153 Å². The number of hydrogen-bond donors (Lipinski definition) is 2. The van der Waals surface area contributed by atoms with Gasteiger partial charge in [-0.2, -0.15) is 0 Å². The van der Waals surface area contributed by atoms with E-state index in [-0.39, 0.29) is 6.79 Å². The highest BCUT2D eigenvalue weighted by atomic mass is 16.7. The lowest BCUT2D eigenvalue weighted by molar-refractivity contribution is -0.703. The molecule has 0 unspecified atom stereocenters. The van der Waals surface area contributed by atoms with Gasteiger partial charge in [0, 0.05) is 12.0 Å². The summed E-state index contributed by atoms with van der Waals surface area (Å²) in [5, 5.41) is 12.5. The third kappa shape index (κ3) is 4.01. The first-order valence-electron chi connectivity index (χ1n) is 9.35. The lowest BCUT2D eigenvalue weighted by Crippen LogP contribution is -2.87. The summed E-state index contributed by atoms with van der Waals surface area (Å²) >= 11 is 0. The van der Waals surface area contributed by atoms with Crippen molar-refractivity contribution in [1.29, 1.82) is 0 Å². The standard InChI is InChI=1S/C21H25NO4/c23-17(11-22-19-7-3-5-16-4-1-2-6-18(16)19)13-24-12-15-8-9-20-21(10-15)26-14-25-20/h1-2,4,6,8-10,17,19,22-23H,3,5,7,11-14H2/p+1/t17-,19-/m1/s1. The van der Waals surface area contributed by atoms with E-state index in [1.54, 1.807) is 0 Å². The van der Waals surface area contributed by atoms with Gasteiger partial charge in [0.2, 0.25) is 6.79 Å². The third-order valence-electron chi connectivity index (χ3n) is 5.12. The van der Waals surface area contributed by atoms with Crippen molar-refractivity contribution in [3.8, 4) is 11.5 Å². The van der Waals surface area contributed by atoms with Crippen LogP contribution in [0.3, 0.4) is 0 Å². The molecule has 0 saturated carbocycles. The molecule has 138 valence electrons. The van der Waals surface area contributed by atoms with Crippen molar-refractivity contribution in [3.05, 3.63) is 59.2 Å². The molecule has 5 nitrogen and oxygen atoms in total. The van der Waals surface area contributed by atoms with Crippen molar-refractivity contribution in [3.63, 3.8) is 0 Å². The van der Waals surface area contributed by atoms with Gasteiger partial charge in [0.1, 0.15) is 18.7 Å². The topological polar surface area (TPSA) is 64.5 Å². The van der Waals surface area contributed by atoms with E-state index in [4.69, 9.17) is 14.2 Å². The molecule has 0 radical (unpaired) electrons. The number of aryl methyl sites for hydroxylation is 1. The number of aliphatic hydroxyl groups excluding tert-OH is 1. The van der Waals surface area contributed by atoms with Gasteiger partial charge in [-0.1, -0.05) is 30.3 Å². The number of hydrogen-bond acceptors (Lipinski definition) is 4. The van der Waals surface area contributed by atoms with Crippen LogP contribution in [-0.2, 0) is 17.8 Å². The molecule has 1 aliphatic heterocycles. The fourth-order valence-electron chi connectivity index (χ4n) is 3.77. The average Bonchev–Trinajstić information content (AvgIpc) is 3.14. The van der Waals surface area contributed by atoms with Crippen LogP contribution in [0.25, 0.3) is 0 Å². The predicted octanol–water partition coefficient (Wildman–Crippen LogP) is 1.93. The van der Waals surface area contributed by atoms with E-state index in [0.717, 1.165) is 17.1 Å². The predicted molar refractivity (Wildman–Crippen MR) is 97.1 cm³/mol. The Bertz CT molecular complexity index is 749. The van der Waals surface area contributed by atoms with Crippen LogP contribution >= 0.6 is 0 Å². The fraction of sp³-hybridized carbons (Fsp3) is 0.429. The molecule has 0 amide bonds. The number of aliphatic hydroxyl groups is 1. The second kappa shape index (κ2) is 8.08. The van der Waals surface area contributed by atoms with Crippen molar-refractivity contribution in [2.24, 2.45) is 0 Å². The molecule has 0 spiro atoms. The molecule has 26 heavy (non-hydrogen) atoms. The van der Waals surface area contributed by atoms with E-state index in [2.05, 4.69) is 29.6 Å². The second-order valence-electron chi connectivity index (χ2n) is 7.03. The molecule has 0 fully saturated rings. The maximum Gasteiger partial charge on any atom is 0.231 e. The smallest absolute Gasteiger partial charge is 0.231 e. The van der Waals surface area contributed by atoms with Gasteiger partial charge in [-0.3, -0.25) is 0 Å². The first-order valence-corrected chi connectivity index (χ1v) is 9.35. The maximum atomic E-state index is 10.3.